The van der Waals surface area contributed by atoms with E-state index in [0.717, 1.165) is 5.56 Å². The zero-order valence-electron chi connectivity index (χ0n) is 20.5. The number of amidine groups is 1. The van der Waals surface area contributed by atoms with E-state index in [4.69, 9.17) is 20.6 Å². The third-order valence-corrected chi connectivity index (χ3v) is 5.60. The minimum Gasteiger partial charge on any atom is -0.493 e. The van der Waals surface area contributed by atoms with Gasteiger partial charge in [0.2, 0.25) is 5.91 Å². The Kier molecular flexibility index (Phi) is 7.23. The Labute approximate surface area is 212 Å². The summed E-state index contributed by atoms with van der Waals surface area (Å²) < 4.78 is 12.0. The molecule has 1 aromatic heterocycles. The number of nitrogens with one attached hydrogen (secondary N) is 4. The van der Waals surface area contributed by atoms with Crippen LogP contribution >= 0.6 is 0 Å². The van der Waals surface area contributed by atoms with Gasteiger partial charge in [0.25, 0.3) is 0 Å². The summed E-state index contributed by atoms with van der Waals surface area (Å²) >= 11 is 0. The molecule has 4 rings (SSSR count). The molecule has 4 aromatic rings. The second-order valence-electron chi connectivity index (χ2n) is 8.11. The van der Waals surface area contributed by atoms with Crippen molar-refractivity contribution >= 4 is 23.1 Å². The van der Waals surface area contributed by atoms with Gasteiger partial charge >= 0.3 is 5.69 Å². The van der Waals surface area contributed by atoms with Gasteiger partial charge in [-0.1, -0.05) is 18.2 Å². The number of carbonyl (C=O) groups excluding carboxylic acids is 1. The number of amides is 1. The van der Waals surface area contributed by atoms with E-state index in [1.807, 2.05) is 6.07 Å². The highest BCUT2D eigenvalue weighted by molar-refractivity contribution is 5.95. The molecule has 1 unspecified atom stereocenters. The lowest BCUT2D eigenvalue weighted by Crippen LogP contribution is -2.18. The number of aromatic nitrogens is 3. The fraction of sp³-hybridized carbons (Fsp3) is 0.154. The Hall–Kier alpha value is -5.06. The number of aromatic amines is 1. The van der Waals surface area contributed by atoms with Crippen LogP contribution in [0.4, 0.5) is 11.4 Å². The highest BCUT2D eigenvalue weighted by Crippen LogP contribution is 2.33. The van der Waals surface area contributed by atoms with E-state index in [-0.39, 0.29) is 11.7 Å². The van der Waals surface area contributed by atoms with Crippen molar-refractivity contribution in [3.8, 4) is 17.2 Å². The molecular weight excluding hydrogens is 474 g/mol. The van der Waals surface area contributed by atoms with Crippen LogP contribution in [0, 0.1) is 5.41 Å². The number of methoxy groups -OCH3 is 2. The van der Waals surface area contributed by atoms with Crippen LogP contribution < -0.4 is 31.5 Å². The molecule has 0 saturated heterocycles. The van der Waals surface area contributed by atoms with Gasteiger partial charge in [-0.05, 0) is 54.1 Å². The summed E-state index contributed by atoms with van der Waals surface area (Å²) in [7, 11) is 3.09. The number of benzene rings is 3. The number of anilines is 2. The molecule has 1 atom stereocenters. The third kappa shape index (κ3) is 5.45. The highest BCUT2D eigenvalue weighted by Gasteiger charge is 2.23. The van der Waals surface area contributed by atoms with Crippen molar-refractivity contribution in [2.45, 2.75) is 13.0 Å². The Bertz CT molecular complexity index is 1490. The SMILES string of the molecule is COc1ccc(C(Nc2ccc(C(=N)N)cc2)c2nn(-c3ccccc3NC(C)=O)c(=O)[nH]2)cc1OC. The molecule has 1 amide bonds. The van der Waals surface area contributed by atoms with Gasteiger partial charge in [0.05, 0.1) is 25.6 Å². The van der Waals surface area contributed by atoms with Crippen molar-refractivity contribution in [1.29, 1.82) is 5.41 Å². The van der Waals surface area contributed by atoms with E-state index in [1.54, 1.807) is 74.9 Å². The maximum atomic E-state index is 13.0. The summed E-state index contributed by atoms with van der Waals surface area (Å²) in [5.41, 5.74) is 8.00. The van der Waals surface area contributed by atoms with Gasteiger partial charge in [-0.3, -0.25) is 15.2 Å². The molecule has 0 radical (unpaired) electrons. The normalized spacial score (nSPS) is 11.4. The largest absolute Gasteiger partial charge is 0.493 e. The molecule has 0 bridgehead atoms. The number of ether oxygens (including phenoxy) is 2. The van der Waals surface area contributed by atoms with Crippen LogP contribution in [0.1, 0.15) is 29.9 Å². The third-order valence-electron chi connectivity index (χ3n) is 5.60. The van der Waals surface area contributed by atoms with Crippen LogP contribution in [0.5, 0.6) is 11.5 Å². The Morgan fingerprint density at radius 2 is 1.76 bits per heavy atom. The quantitative estimate of drug-likeness (QED) is 0.174. The number of para-hydroxylation sites is 2. The standard InChI is InChI=1S/C26H27N7O4/c1-15(34)29-19-6-4-5-7-20(19)33-26(35)31-25(32-33)23(17-10-13-21(36-2)22(14-17)37-3)30-18-11-8-16(9-12-18)24(27)28/h4-14,23,30H,1-3H3,(H3,27,28)(H,29,34)(H,31,32,35). The first-order chi connectivity index (χ1) is 17.8. The zero-order valence-corrected chi connectivity index (χ0v) is 20.5. The summed E-state index contributed by atoms with van der Waals surface area (Å²) in [6.07, 6.45) is 0. The minimum atomic E-state index is -0.607. The van der Waals surface area contributed by atoms with Crippen molar-refractivity contribution in [3.05, 3.63) is 94.2 Å². The fourth-order valence-electron chi connectivity index (χ4n) is 3.84. The first kappa shape index (κ1) is 25.0. The molecule has 0 fully saturated rings. The molecule has 37 heavy (non-hydrogen) atoms. The van der Waals surface area contributed by atoms with Gasteiger partial charge in [-0.25, -0.2) is 4.79 Å². The average Bonchev–Trinajstić information content (AvgIpc) is 3.28. The van der Waals surface area contributed by atoms with E-state index in [2.05, 4.69) is 20.7 Å². The molecule has 0 aliphatic carbocycles. The van der Waals surface area contributed by atoms with Crippen LogP contribution in [0.15, 0.2) is 71.5 Å². The maximum Gasteiger partial charge on any atom is 0.348 e. The summed E-state index contributed by atoms with van der Waals surface area (Å²) in [4.78, 5) is 27.5. The molecule has 0 saturated carbocycles. The van der Waals surface area contributed by atoms with Crippen LogP contribution in [-0.4, -0.2) is 40.7 Å². The number of nitrogen functional groups attached to an aromatic ring is 1. The van der Waals surface area contributed by atoms with Gasteiger partial charge in [0.15, 0.2) is 17.3 Å². The van der Waals surface area contributed by atoms with E-state index in [9.17, 15) is 9.59 Å². The lowest BCUT2D eigenvalue weighted by Gasteiger charge is -2.20. The molecule has 0 spiro atoms. The Morgan fingerprint density at radius 1 is 1.05 bits per heavy atom. The smallest absolute Gasteiger partial charge is 0.348 e. The molecule has 190 valence electrons. The lowest BCUT2D eigenvalue weighted by molar-refractivity contribution is -0.114. The molecule has 6 N–H and O–H groups in total. The number of hydrogen-bond acceptors (Lipinski definition) is 7. The lowest BCUT2D eigenvalue weighted by atomic mass is 10.0. The molecule has 3 aromatic carbocycles. The maximum absolute atomic E-state index is 13.0. The molecule has 11 heteroatoms. The van der Waals surface area contributed by atoms with Gasteiger partial charge in [-0.15, -0.1) is 5.10 Å². The Balaban J connectivity index is 1.80. The van der Waals surface area contributed by atoms with Crippen molar-refractivity contribution < 1.29 is 14.3 Å². The van der Waals surface area contributed by atoms with Gasteiger partial charge in [0.1, 0.15) is 11.9 Å². The van der Waals surface area contributed by atoms with Crippen LogP contribution in [0.3, 0.4) is 0 Å². The second kappa shape index (κ2) is 10.7. The summed E-state index contributed by atoms with van der Waals surface area (Å²) in [6, 6.07) is 18.7. The van der Waals surface area contributed by atoms with Crippen LogP contribution in [-0.2, 0) is 4.79 Å². The average molecular weight is 502 g/mol. The predicted molar refractivity (Wildman–Crippen MR) is 141 cm³/mol. The van der Waals surface area contributed by atoms with E-state index < -0.39 is 11.7 Å². The van der Waals surface area contributed by atoms with E-state index in [0.29, 0.717) is 39.9 Å². The van der Waals surface area contributed by atoms with Crippen molar-refractivity contribution in [1.82, 2.24) is 14.8 Å². The first-order valence-corrected chi connectivity index (χ1v) is 11.3. The minimum absolute atomic E-state index is 0.0381. The van der Waals surface area contributed by atoms with Crippen molar-refractivity contribution in [3.63, 3.8) is 0 Å². The topological polar surface area (TPSA) is 160 Å². The summed E-state index contributed by atoms with van der Waals surface area (Å²) in [5, 5.41) is 18.3. The number of nitrogens with zero attached hydrogens (tertiary/aromatic N) is 2. The number of rotatable bonds is 9. The summed E-state index contributed by atoms with van der Waals surface area (Å²) in [5.74, 6) is 1.08. The van der Waals surface area contributed by atoms with Gasteiger partial charge in [0, 0.05) is 18.2 Å². The van der Waals surface area contributed by atoms with Crippen molar-refractivity contribution in [2.24, 2.45) is 5.73 Å². The van der Waals surface area contributed by atoms with Crippen LogP contribution in [0.25, 0.3) is 5.69 Å². The number of H-pyrrole nitrogens is 1. The second-order valence-corrected chi connectivity index (χ2v) is 8.11. The van der Waals surface area contributed by atoms with E-state index >= 15 is 0 Å². The van der Waals surface area contributed by atoms with Gasteiger partial charge in [-0.2, -0.15) is 4.68 Å². The first-order valence-electron chi connectivity index (χ1n) is 11.3. The molecule has 11 nitrogen and oxygen atoms in total. The molecule has 1 heterocycles. The number of nitrogens with two attached hydrogens (primary N) is 1. The Morgan fingerprint density at radius 3 is 2.41 bits per heavy atom. The molecule has 0 aliphatic heterocycles. The van der Waals surface area contributed by atoms with E-state index in [1.165, 1.54) is 11.6 Å². The summed E-state index contributed by atoms with van der Waals surface area (Å²) in [6.45, 7) is 1.39. The molecular formula is C26H27N7O4. The number of hydrogen-bond donors (Lipinski definition) is 5. The van der Waals surface area contributed by atoms with Crippen LogP contribution in [0.2, 0.25) is 0 Å². The predicted octanol–water partition coefficient (Wildman–Crippen LogP) is 3.02. The fourth-order valence-corrected chi connectivity index (χ4v) is 3.84. The number of carbonyl (C=O) groups is 1. The van der Waals surface area contributed by atoms with Crippen molar-refractivity contribution in [2.75, 3.05) is 24.9 Å². The monoisotopic (exact) mass is 501 g/mol. The van der Waals surface area contributed by atoms with Gasteiger partial charge < -0.3 is 25.8 Å². The molecule has 0 aliphatic rings. The highest BCUT2D eigenvalue weighted by atomic mass is 16.5. The zero-order chi connectivity index (χ0) is 26.5.